The number of carbonyl (C=O) groups is 1. The highest BCUT2D eigenvalue weighted by atomic mass is 32.2. The number of nitrogens with one attached hydrogen (secondary N) is 1. The third kappa shape index (κ3) is 3.12. The Hall–Kier alpha value is -2.41. The van der Waals surface area contributed by atoms with Crippen molar-refractivity contribution in [1.29, 1.82) is 0 Å². The third-order valence-corrected chi connectivity index (χ3v) is 3.91. The summed E-state index contributed by atoms with van der Waals surface area (Å²) < 4.78 is 26.6. The molecule has 0 aliphatic heterocycles. The van der Waals surface area contributed by atoms with Crippen molar-refractivity contribution >= 4 is 21.7 Å². The third-order valence-electron chi connectivity index (χ3n) is 2.53. The molecule has 0 spiro atoms. The summed E-state index contributed by atoms with van der Waals surface area (Å²) in [6.07, 6.45) is 1.16. The molecule has 0 unspecified atom stereocenters. The lowest BCUT2D eigenvalue weighted by Crippen LogP contribution is -2.13. The van der Waals surface area contributed by atoms with Gasteiger partial charge in [-0.2, -0.15) is 0 Å². The summed E-state index contributed by atoms with van der Waals surface area (Å²) in [5.74, 6) is -1.17. The van der Waals surface area contributed by atoms with E-state index in [-0.39, 0.29) is 16.3 Å². The molecule has 20 heavy (non-hydrogen) atoms. The first-order valence-corrected chi connectivity index (χ1v) is 7.16. The first kappa shape index (κ1) is 14.0. The lowest BCUT2D eigenvalue weighted by Gasteiger charge is -2.08. The van der Waals surface area contributed by atoms with Crippen LogP contribution in [0.2, 0.25) is 0 Å². The second-order valence-electron chi connectivity index (χ2n) is 4.16. The summed E-state index contributed by atoms with van der Waals surface area (Å²) >= 11 is 0. The number of benzene rings is 1. The molecule has 0 aliphatic rings. The van der Waals surface area contributed by atoms with E-state index in [9.17, 15) is 13.2 Å². The van der Waals surface area contributed by atoms with E-state index >= 15 is 0 Å². The summed E-state index contributed by atoms with van der Waals surface area (Å²) in [5, 5.41) is 8.72. The highest BCUT2D eigenvalue weighted by molar-refractivity contribution is 7.92. The van der Waals surface area contributed by atoms with Crippen molar-refractivity contribution in [1.82, 2.24) is 4.98 Å². The minimum Gasteiger partial charge on any atom is -0.477 e. The van der Waals surface area contributed by atoms with Crippen LogP contribution < -0.4 is 4.72 Å². The van der Waals surface area contributed by atoms with Gasteiger partial charge in [0.15, 0.2) is 0 Å². The summed E-state index contributed by atoms with van der Waals surface area (Å²) in [6.45, 7) is 1.79. The number of aromatic nitrogens is 1. The molecule has 2 aromatic rings. The summed E-state index contributed by atoms with van der Waals surface area (Å²) in [4.78, 5) is 14.4. The molecule has 1 heterocycles. The van der Waals surface area contributed by atoms with E-state index in [1.165, 1.54) is 18.2 Å². The highest BCUT2D eigenvalue weighted by Gasteiger charge is 2.14. The number of aryl methyl sites for hydroxylation is 1. The lowest BCUT2D eigenvalue weighted by atomic mass is 10.2. The zero-order valence-corrected chi connectivity index (χ0v) is 11.4. The van der Waals surface area contributed by atoms with Crippen LogP contribution in [0.15, 0.2) is 47.5 Å². The Balaban J connectivity index is 2.26. The molecule has 0 bridgehead atoms. The van der Waals surface area contributed by atoms with Gasteiger partial charge in [-0.15, -0.1) is 0 Å². The fourth-order valence-corrected chi connectivity index (χ4v) is 2.72. The topological polar surface area (TPSA) is 96.4 Å². The molecule has 6 nitrogen and oxygen atoms in total. The molecule has 0 fully saturated rings. The Kier molecular flexibility index (Phi) is 3.71. The van der Waals surface area contributed by atoms with E-state index in [1.54, 1.807) is 25.1 Å². The Morgan fingerprint density at radius 2 is 2.00 bits per heavy atom. The van der Waals surface area contributed by atoms with E-state index < -0.39 is 16.0 Å². The summed E-state index contributed by atoms with van der Waals surface area (Å²) in [7, 11) is -3.71. The minimum absolute atomic E-state index is 0.139. The standard InChI is InChI=1S/C13H12N2O4S/c1-9-3-2-4-11(7-9)20(18,19)15-10-5-6-12(13(16)17)14-8-10/h2-8,15H,1H3,(H,16,17). The van der Waals surface area contributed by atoms with Gasteiger partial charge in [0.05, 0.1) is 16.8 Å². The second kappa shape index (κ2) is 5.30. The fourth-order valence-electron chi connectivity index (χ4n) is 1.58. The summed E-state index contributed by atoms with van der Waals surface area (Å²) in [5.41, 5.74) is 0.882. The van der Waals surface area contributed by atoms with Gasteiger partial charge < -0.3 is 5.11 Å². The number of hydrogen-bond donors (Lipinski definition) is 2. The molecule has 2 N–H and O–H groups in total. The number of carboxylic acids is 1. The number of sulfonamides is 1. The van der Waals surface area contributed by atoms with Crippen LogP contribution in [0, 0.1) is 6.92 Å². The molecule has 0 saturated heterocycles. The monoisotopic (exact) mass is 292 g/mol. The zero-order valence-electron chi connectivity index (χ0n) is 10.6. The summed E-state index contributed by atoms with van der Waals surface area (Å²) in [6, 6.07) is 9.05. The van der Waals surface area contributed by atoms with E-state index in [4.69, 9.17) is 5.11 Å². The number of hydrogen-bond acceptors (Lipinski definition) is 4. The number of anilines is 1. The van der Waals surface area contributed by atoms with Crippen LogP contribution in [0.25, 0.3) is 0 Å². The molecule has 1 aromatic heterocycles. The first-order valence-electron chi connectivity index (χ1n) is 5.67. The zero-order chi connectivity index (χ0) is 14.8. The van der Waals surface area contributed by atoms with Gasteiger partial charge in [-0.3, -0.25) is 4.72 Å². The molecule has 0 atom stereocenters. The van der Waals surface area contributed by atoms with E-state index in [0.717, 1.165) is 11.8 Å². The van der Waals surface area contributed by atoms with Crippen LogP contribution in [-0.4, -0.2) is 24.5 Å². The van der Waals surface area contributed by atoms with Crippen molar-refractivity contribution in [3.05, 3.63) is 53.9 Å². The van der Waals surface area contributed by atoms with Crippen LogP contribution in [0.1, 0.15) is 16.1 Å². The van der Waals surface area contributed by atoms with Gasteiger partial charge in [0.1, 0.15) is 5.69 Å². The van der Waals surface area contributed by atoms with Crippen LogP contribution >= 0.6 is 0 Å². The largest absolute Gasteiger partial charge is 0.477 e. The van der Waals surface area contributed by atoms with Crippen molar-refractivity contribution in [3.63, 3.8) is 0 Å². The maximum absolute atomic E-state index is 12.1. The second-order valence-corrected chi connectivity index (χ2v) is 5.84. The molecule has 0 amide bonds. The van der Waals surface area contributed by atoms with Crippen LogP contribution in [0.3, 0.4) is 0 Å². The van der Waals surface area contributed by atoms with Crippen LogP contribution in [-0.2, 0) is 10.0 Å². The average molecular weight is 292 g/mol. The number of aromatic carboxylic acids is 1. The molecule has 2 rings (SSSR count). The highest BCUT2D eigenvalue weighted by Crippen LogP contribution is 2.16. The van der Waals surface area contributed by atoms with E-state index in [0.29, 0.717) is 0 Å². The van der Waals surface area contributed by atoms with Crippen LogP contribution in [0.4, 0.5) is 5.69 Å². The Bertz CT molecular complexity index is 739. The lowest BCUT2D eigenvalue weighted by molar-refractivity contribution is 0.0690. The Morgan fingerprint density at radius 3 is 2.55 bits per heavy atom. The van der Waals surface area contributed by atoms with Gasteiger partial charge in [0.2, 0.25) is 0 Å². The molecule has 0 aliphatic carbocycles. The Morgan fingerprint density at radius 1 is 1.25 bits per heavy atom. The van der Waals surface area contributed by atoms with Gasteiger partial charge in [0.25, 0.3) is 10.0 Å². The van der Waals surface area contributed by atoms with Crippen molar-refractivity contribution in [2.24, 2.45) is 0 Å². The van der Waals surface area contributed by atoms with Crippen molar-refractivity contribution in [2.45, 2.75) is 11.8 Å². The molecule has 7 heteroatoms. The van der Waals surface area contributed by atoms with Gasteiger partial charge in [-0.05, 0) is 36.8 Å². The molecule has 0 radical (unpaired) electrons. The van der Waals surface area contributed by atoms with Gasteiger partial charge >= 0.3 is 5.97 Å². The number of pyridine rings is 1. The molecule has 1 aromatic carbocycles. The molecule has 104 valence electrons. The molecular formula is C13H12N2O4S. The normalized spacial score (nSPS) is 11.1. The first-order chi connectivity index (χ1) is 9.38. The maximum Gasteiger partial charge on any atom is 0.354 e. The van der Waals surface area contributed by atoms with Crippen molar-refractivity contribution in [3.8, 4) is 0 Å². The maximum atomic E-state index is 12.1. The minimum atomic E-state index is -3.71. The van der Waals surface area contributed by atoms with Crippen molar-refractivity contribution in [2.75, 3.05) is 4.72 Å². The number of nitrogens with zero attached hydrogens (tertiary/aromatic N) is 1. The van der Waals surface area contributed by atoms with Crippen molar-refractivity contribution < 1.29 is 18.3 Å². The van der Waals surface area contributed by atoms with Gasteiger partial charge in [-0.25, -0.2) is 18.2 Å². The average Bonchev–Trinajstić information content (AvgIpc) is 2.39. The van der Waals surface area contributed by atoms with Crippen LogP contribution in [0.5, 0.6) is 0 Å². The Labute approximate surface area is 116 Å². The SMILES string of the molecule is Cc1cccc(S(=O)(=O)Nc2ccc(C(=O)O)nc2)c1. The predicted octanol–water partition coefficient (Wildman–Crippen LogP) is 1.89. The van der Waals surface area contributed by atoms with Gasteiger partial charge in [-0.1, -0.05) is 12.1 Å². The molecular weight excluding hydrogens is 280 g/mol. The fraction of sp³-hybridized carbons (Fsp3) is 0.0769. The van der Waals surface area contributed by atoms with Gasteiger partial charge in [0, 0.05) is 0 Å². The smallest absolute Gasteiger partial charge is 0.354 e. The predicted molar refractivity (Wildman–Crippen MR) is 73.2 cm³/mol. The van der Waals surface area contributed by atoms with E-state index in [1.807, 2.05) is 0 Å². The van der Waals surface area contributed by atoms with E-state index in [2.05, 4.69) is 9.71 Å². The number of rotatable bonds is 4. The quantitative estimate of drug-likeness (QED) is 0.897. The molecule has 0 saturated carbocycles. The number of carboxylic acid groups (broad SMARTS) is 1.